The van der Waals surface area contributed by atoms with Gasteiger partial charge in [-0.2, -0.15) is 0 Å². The van der Waals surface area contributed by atoms with Crippen molar-refractivity contribution >= 4 is 39.2 Å². The Morgan fingerprint density at radius 3 is 2.60 bits per heavy atom. The number of aromatic nitrogens is 4. The molecule has 6 heteroatoms. The number of nitrogens with zero attached hydrogens (tertiary/aromatic N) is 4. The Bertz CT molecular complexity index is 2470. The van der Waals surface area contributed by atoms with E-state index >= 15 is 0 Å². The van der Waals surface area contributed by atoms with Crippen molar-refractivity contribution in [1.29, 1.82) is 0 Å². The molecule has 239 valence electrons. The van der Waals surface area contributed by atoms with E-state index in [0.717, 1.165) is 22.3 Å². The molecule has 1 aliphatic heterocycles. The molecule has 0 unspecified atom stereocenters. The van der Waals surface area contributed by atoms with Crippen molar-refractivity contribution in [3.63, 3.8) is 0 Å². The van der Waals surface area contributed by atoms with Gasteiger partial charge in [-0.1, -0.05) is 61.6 Å². The second-order valence-corrected chi connectivity index (χ2v) is 13.2. The third-order valence-corrected chi connectivity index (χ3v) is 8.09. The average molecular weight is 800 g/mol. The van der Waals surface area contributed by atoms with Crippen molar-refractivity contribution in [2.45, 2.75) is 60.3 Å². The Labute approximate surface area is 297 Å². The van der Waals surface area contributed by atoms with Gasteiger partial charge < -0.3 is 14.0 Å². The summed E-state index contributed by atoms with van der Waals surface area (Å²) >= 11 is 0. The van der Waals surface area contributed by atoms with Gasteiger partial charge in [0.25, 0.3) is 0 Å². The molecule has 0 saturated heterocycles. The smallest absolute Gasteiger partial charge is 0.216 e. The fourth-order valence-corrected chi connectivity index (χ4v) is 6.03. The monoisotopic (exact) mass is 800 g/mol. The molecule has 0 atom stereocenters. The van der Waals surface area contributed by atoms with Crippen LogP contribution < -0.4 is 0 Å². The topological polar surface area (TPSA) is 56.7 Å². The number of benzene rings is 3. The van der Waals surface area contributed by atoms with Gasteiger partial charge in [-0.15, -0.1) is 54.1 Å². The summed E-state index contributed by atoms with van der Waals surface area (Å²) in [4.78, 5) is 13.5. The van der Waals surface area contributed by atoms with E-state index in [9.17, 15) is 0 Å². The molecule has 8 rings (SSSR count). The zero-order chi connectivity index (χ0) is 36.5. The number of aryl methyl sites for hydroxylation is 2. The number of rotatable bonds is 3. The van der Waals surface area contributed by atoms with Crippen molar-refractivity contribution in [1.82, 2.24) is 19.5 Å². The van der Waals surface area contributed by atoms with E-state index in [2.05, 4.69) is 77.8 Å². The molecule has 0 saturated carbocycles. The number of furan rings is 1. The number of allylic oxidation sites excluding steroid dienone is 1. The second-order valence-electron chi connectivity index (χ2n) is 13.2. The number of imidazole rings is 1. The van der Waals surface area contributed by atoms with Crippen molar-refractivity contribution in [3.8, 4) is 22.6 Å². The molecular formula is C41H38IrN4O-2. The maximum atomic E-state index is 8.55. The van der Waals surface area contributed by atoms with Gasteiger partial charge in [0.15, 0.2) is 0 Å². The zero-order valence-corrected chi connectivity index (χ0v) is 29.6. The van der Waals surface area contributed by atoms with Crippen LogP contribution in [0.4, 0.5) is 0 Å². The molecule has 1 aliphatic rings. The third kappa shape index (κ3) is 6.20. The predicted molar refractivity (Wildman–Crippen MR) is 189 cm³/mol. The van der Waals surface area contributed by atoms with Crippen molar-refractivity contribution < 1.29 is 31.4 Å². The van der Waals surface area contributed by atoms with Crippen LogP contribution in [0.25, 0.3) is 61.8 Å². The van der Waals surface area contributed by atoms with Crippen molar-refractivity contribution in [2.75, 3.05) is 0 Å². The number of hydrogen-bond acceptors (Lipinski definition) is 4. The Morgan fingerprint density at radius 2 is 1.83 bits per heavy atom. The first kappa shape index (κ1) is 26.7. The summed E-state index contributed by atoms with van der Waals surface area (Å²) < 4.78 is 48.1. The van der Waals surface area contributed by atoms with Crippen LogP contribution in [0.1, 0.15) is 63.9 Å². The van der Waals surface area contributed by atoms with Crippen molar-refractivity contribution in [2.24, 2.45) is 5.41 Å². The predicted octanol–water partition coefficient (Wildman–Crippen LogP) is 10.3. The van der Waals surface area contributed by atoms with Crippen LogP contribution >= 0.6 is 0 Å². The Kier molecular flexibility index (Phi) is 7.00. The van der Waals surface area contributed by atoms with Gasteiger partial charge in [-0.05, 0) is 74.9 Å². The van der Waals surface area contributed by atoms with Gasteiger partial charge in [-0.25, -0.2) is 4.98 Å². The van der Waals surface area contributed by atoms with Crippen LogP contribution in [0.3, 0.4) is 0 Å². The zero-order valence-electron chi connectivity index (χ0n) is 32.2. The molecule has 7 aromatic rings. The van der Waals surface area contributed by atoms with Gasteiger partial charge in [0.05, 0.1) is 28.0 Å². The van der Waals surface area contributed by atoms with E-state index < -0.39 is 18.6 Å². The maximum Gasteiger partial charge on any atom is 0.216 e. The Morgan fingerprint density at radius 1 is 0.979 bits per heavy atom. The van der Waals surface area contributed by atoms with Crippen LogP contribution in [0.5, 0.6) is 0 Å². The quantitative estimate of drug-likeness (QED) is 0.167. The molecule has 0 fully saturated rings. The maximum absolute atomic E-state index is 8.55. The molecule has 47 heavy (non-hydrogen) atoms. The molecule has 1 radical (unpaired) electrons. The average Bonchev–Trinajstić information content (AvgIpc) is 3.67. The summed E-state index contributed by atoms with van der Waals surface area (Å²) in [7, 11) is 0. The van der Waals surface area contributed by atoms with Crippen molar-refractivity contribution in [3.05, 3.63) is 120 Å². The third-order valence-electron chi connectivity index (χ3n) is 8.09. The second kappa shape index (κ2) is 12.3. The number of pyridine rings is 2. The Balaban J connectivity index is 0.000000185. The summed E-state index contributed by atoms with van der Waals surface area (Å²) in [6, 6.07) is 28.9. The molecule has 0 spiro atoms. The van der Waals surface area contributed by atoms with Crippen LogP contribution in [0, 0.1) is 31.3 Å². The standard InChI is InChI=1S/C22H21N2O.C19H17N2.Ir/c1-14-8-9-17-16-6-5-7-18(20(16)25-21(17)24-14)19-12-15(10-11-23-19)13-22(2,3)4;1-13-9-10-16-17-15(13)11-12-19(2,3)21(17)18(20-16)14-7-5-4-6-8-14;/h5-6,8-12H,13H2,1-4H3;4-7,9-12H,1-3H3;/q2*-1;/i1D3,13D2;;. The van der Waals surface area contributed by atoms with E-state index in [1.165, 1.54) is 22.7 Å². The minimum Gasteiger partial charge on any atom is -0.486 e. The molecule has 5 heterocycles. The SMILES string of the molecule is Cc1ccc2nc(-c3[c-]cccc3)n3c2c1C=CC3(C)C.[2H]C([2H])([2H])c1ccc2c(n1)oc1c(-c3cc(C([2H])([2H])C(C)(C)C)ccn3)[c-]ccc12.[Ir]. The summed E-state index contributed by atoms with van der Waals surface area (Å²) in [6.45, 7) is 9.85. The summed E-state index contributed by atoms with van der Waals surface area (Å²) in [6.07, 6.45) is 4.50. The van der Waals surface area contributed by atoms with Gasteiger partial charge >= 0.3 is 0 Å². The van der Waals surface area contributed by atoms with Gasteiger partial charge in [0.2, 0.25) is 5.71 Å². The van der Waals surface area contributed by atoms with Crippen LogP contribution in [0.2, 0.25) is 0 Å². The fourth-order valence-electron chi connectivity index (χ4n) is 6.03. The van der Waals surface area contributed by atoms with Crippen LogP contribution in [0.15, 0.2) is 89.5 Å². The van der Waals surface area contributed by atoms with E-state index in [-0.39, 0.29) is 37.1 Å². The van der Waals surface area contributed by atoms with Gasteiger partial charge in [-0.3, -0.25) is 4.98 Å². The Hall–Kier alpha value is -4.38. The normalized spacial score (nSPS) is 15.6. The fraction of sp³-hybridized carbons (Fsp3) is 0.244. The largest absolute Gasteiger partial charge is 0.486 e. The minimum absolute atomic E-state index is 0. The van der Waals surface area contributed by atoms with E-state index in [4.69, 9.17) is 16.3 Å². The molecule has 0 bridgehead atoms. The summed E-state index contributed by atoms with van der Waals surface area (Å²) in [5.41, 5.74) is 7.53. The van der Waals surface area contributed by atoms with E-state index in [0.29, 0.717) is 27.8 Å². The molecule has 5 nitrogen and oxygen atoms in total. The molecule has 0 amide bonds. The minimum atomic E-state index is -2.32. The first-order chi connectivity index (χ1) is 24.0. The summed E-state index contributed by atoms with van der Waals surface area (Å²) in [5, 5.41) is 1.48. The molecule has 0 N–H and O–H groups in total. The van der Waals surface area contributed by atoms with Gasteiger partial charge in [0.1, 0.15) is 0 Å². The van der Waals surface area contributed by atoms with Crippen LogP contribution in [-0.4, -0.2) is 19.5 Å². The molecule has 4 aromatic heterocycles. The van der Waals surface area contributed by atoms with Gasteiger partial charge in [0, 0.05) is 49.8 Å². The molecular weight excluding hydrogens is 757 g/mol. The van der Waals surface area contributed by atoms with E-state index in [1.807, 2.05) is 45.0 Å². The van der Waals surface area contributed by atoms with Crippen LogP contribution in [-0.2, 0) is 32.0 Å². The molecule has 3 aromatic carbocycles. The van der Waals surface area contributed by atoms with E-state index in [1.54, 1.807) is 30.5 Å². The summed E-state index contributed by atoms with van der Waals surface area (Å²) in [5.74, 6) is 0.992. The first-order valence-electron chi connectivity index (χ1n) is 17.9. The number of hydrogen-bond donors (Lipinski definition) is 0. The number of fused-ring (bicyclic) bond motifs is 3. The first-order valence-corrected chi connectivity index (χ1v) is 15.4. The molecule has 0 aliphatic carbocycles.